The molecule has 3 N–H and O–H groups in total. The van der Waals surface area contributed by atoms with Crippen molar-refractivity contribution >= 4 is 29.4 Å². The van der Waals surface area contributed by atoms with Gasteiger partial charge in [0.05, 0.1) is 11.6 Å². The first-order valence-corrected chi connectivity index (χ1v) is 13.4. The quantitative estimate of drug-likeness (QED) is 0.542. The lowest BCUT2D eigenvalue weighted by molar-refractivity contribution is -0.142. The molecular formula is C29H33N5O4. The molecule has 2 heterocycles. The Hall–Kier alpha value is -3.72. The summed E-state index contributed by atoms with van der Waals surface area (Å²) in [5.74, 6) is -0.534. The van der Waals surface area contributed by atoms with Crippen LogP contribution in [0.4, 0.5) is 10.5 Å². The Morgan fingerprint density at radius 1 is 1.03 bits per heavy atom. The third-order valence-electron chi connectivity index (χ3n) is 8.93. The van der Waals surface area contributed by atoms with E-state index in [-0.39, 0.29) is 36.3 Å². The molecule has 38 heavy (non-hydrogen) atoms. The first-order valence-electron chi connectivity index (χ1n) is 13.4. The number of benzene rings is 2. The highest BCUT2D eigenvalue weighted by atomic mass is 16.2. The maximum absolute atomic E-state index is 13.9. The minimum absolute atomic E-state index is 0.00680. The Morgan fingerprint density at radius 2 is 1.76 bits per heavy atom. The van der Waals surface area contributed by atoms with Gasteiger partial charge in [0, 0.05) is 25.6 Å². The molecular weight excluding hydrogens is 482 g/mol. The predicted molar refractivity (Wildman–Crippen MR) is 141 cm³/mol. The van der Waals surface area contributed by atoms with E-state index < -0.39 is 11.1 Å². The van der Waals surface area contributed by atoms with Crippen LogP contribution >= 0.6 is 0 Å². The van der Waals surface area contributed by atoms with Gasteiger partial charge in [-0.3, -0.25) is 19.7 Å². The molecule has 2 atom stereocenters. The number of likely N-dealkylation sites (N-methyl/N-ethyl adjacent to an activating group) is 1. The van der Waals surface area contributed by atoms with Crippen molar-refractivity contribution in [2.75, 3.05) is 25.5 Å². The number of fused-ring (bicyclic) bond motifs is 1. The molecule has 9 heteroatoms. The van der Waals surface area contributed by atoms with Gasteiger partial charge in [0.25, 0.3) is 5.91 Å². The van der Waals surface area contributed by atoms with Crippen LogP contribution in [0.5, 0.6) is 0 Å². The molecule has 3 fully saturated rings. The van der Waals surface area contributed by atoms with Crippen LogP contribution < -0.4 is 16.0 Å². The van der Waals surface area contributed by atoms with Crippen molar-refractivity contribution in [2.24, 2.45) is 0 Å². The van der Waals surface area contributed by atoms with Crippen molar-refractivity contribution in [3.05, 3.63) is 65.2 Å². The summed E-state index contributed by atoms with van der Waals surface area (Å²) >= 11 is 0. The Bertz CT molecular complexity index is 1310. The number of nitrogens with one attached hydrogen (secondary N) is 3. The van der Waals surface area contributed by atoms with E-state index in [2.05, 4.69) is 16.0 Å². The molecule has 2 aromatic rings. The normalized spacial score (nSPS) is 26.1. The van der Waals surface area contributed by atoms with Gasteiger partial charge in [0.1, 0.15) is 12.1 Å². The highest BCUT2D eigenvalue weighted by Crippen LogP contribution is 2.39. The average molecular weight is 516 g/mol. The largest absolute Gasteiger partial charge is 0.325 e. The van der Waals surface area contributed by atoms with Crippen molar-refractivity contribution in [1.29, 1.82) is 0 Å². The summed E-state index contributed by atoms with van der Waals surface area (Å²) in [5.41, 5.74) is 2.07. The van der Waals surface area contributed by atoms with Gasteiger partial charge in [-0.15, -0.1) is 0 Å². The molecule has 2 aliphatic carbocycles. The second-order valence-corrected chi connectivity index (χ2v) is 11.1. The lowest BCUT2D eigenvalue weighted by Gasteiger charge is -2.35. The van der Waals surface area contributed by atoms with E-state index in [4.69, 9.17) is 0 Å². The number of anilines is 1. The molecule has 2 spiro atoms. The summed E-state index contributed by atoms with van der Waals surface area (Å²) in [5, 5.41) is 8.93. The summed E-state index contributed by atoms with van der Waals surface area (Å²) < 4.78 is 0. The molecule has 1 saturated carbocycles. The van der Waals surface area contributed by atoms with Crippen LogP contribution in [0.1, 0.15) is 54.8 Å². The van der Waals surface area contributed by atoms with Crippen molar-refractivity contribution < 1.29 is 19.2 Å². The molecule has 198 valence electrons. The molecule has 6 rings (SSSR count). The van der Waals surface area contributed by atoms with Gasteiger partial charge >= 0.3 is 6.03 Å². The second kappa shape index (κ2) is 9.23. The Kier molecular flexibility index (Phi) is 5.98. The third-order valence-corrected chi connectivity index (χ3v) is 8.93. The van der Waals surface area contributed by atoms with Gasteiger partial charge in [-0.1, -0.05) is 49.2 Å². The number of urea groups is 1. The van der Waals surface area contributed by atoms with Crippen molar-refractivity contribution in [3.8, 4) is 0 Å². The van der Waals surface area contributed by atoms with Gasteiger partial charge in [-0.05, 0) is 54.6 Å². The number of imide groups is 1. The number of rotatable bonds is 4. The molecule has 1 unspecified atom stereocenters. The fourth-order valence-corrected chi connectivity index (χ4v) is 6.80. The van der Waals surface area contributed by atoms with Gasteiger partial charge in [0.2, 0.25) is 11.8 Å². The fraction of sp³-hybridized carbons (Fsp3) is 0.448. The highest BCUT2D eigenvalue weighted by Gasteiger charge is 2.54. The summed E-state index contributed by atoms with van der Waals surface area (Å²) in [6.07, 6.45) is 5.18. The van der Waals surface area contributed by atoms with E-state index in [1.54, 1.807) is 11.9 Å². The lowest BCUT2D eigenvalue weighted by Crippen LogP contribution is -2.55. The van der Waals surface area contributed by atoms with Crippen LogP contribution in [0, 0.1) is 0 Å². The number of nitrogens with zero attached hydrogens (tertiary/aromatic N) is 2. The molecule has 0 bridgehead atoms. The molecule has 0 radical (unpaired) electrons. The molecule has 2 saturated heterocycles. The first-order chi connectivity index (χ1) is 18.3. The second-order valence-electron chi connectivity index (χ2n) is 11.1. The van der Waals surface area contributed by atoms with Gasteiger partial charge in [0.15, 0.2) is 0 Å². The molecule has 5 amide bonds. The average Bonchev–Trinajstić information content (AvgIpc) is 3.57. The maximum atomic E-state index is 13.9. The zero-order valence-electron chi connectivity index (χ0n) is 21.6. The van der Waals surface area contributed by atoms with E-state index in [0.29, 0.717) is 18.5 Å². The number of carbonyl (C=O) groups excluding carboxylic acids is 4. The van der Waals surface area contributed by atoms with Crippen LogP contribution in [0.15, 0.2) is 48.5 Å². The number of amides is 5. The standard InChI is InChI=1S/C29H33N5O4/c1-33-27(38)32-25(36)29(33)16-20-9-10-22(15-21(20)17-29)31-24(35)18-34-23(19-7-3-2-4-8-19)11-14-30-28(26(34)37)12-5-6-13-28/h2-4,7-10,15,23,30H,5-6,11-14,16-18H2,1H3,(H,31,35)(H,32,36,38)/t23-,29?/m0/s1. The van der Waals surface area contributed by atoms with E-state index in [1.165, 1.54) is 4.90 Å². The smallest absolute Gasteiger partial charge is 0.324 e. The predicted octanol–water partition coefficient (Wildman–Crippen LogP) is 2.52. The fourth-order valence-electron chi connectivity index (χ4n) is 6.80. The van der Waals surface area contributed by atoms with E-state index >= 15 is 0 Å². The first kappa shape index (κ1) is 24.6. The summed E-state index contributed by atoms with van der Waals surface area (Å²) in [4.78, 5) is 55.2. The topological polar surface area (TPSA) is 111 Å². The Morgan fingerprint density at radius 3 is 2.47 bits per heavy atom. The Balaban J connectivity index is 1.22. The zero-order valence-corrected chi connectivity index (χ0v) is 21.6. The monoisotopic (exact) mass is 515 g/mol. The minimum atomic E-state index is -0.911. The SMILES string of the molecule is CN1C(=O)NC(=O)C12Cc1ccc(NC(=O)CN3C(=O)C4(CCCC4)NCC[C@H]3c3ccccc3)cc1C2. The van der Waals surface area contributed by atoms with Crippen LogP contribution in [0.3, 0.4) is 0 Å². The molecule has 2 aliphatic heterocycles. The van der Waals surface area contributed by atoms with E-state index in [9.17, 15) is 19.2 Å². The van der Waals surface area contributed by atoms with Crippen molar-refractivity contribution in [2.45, 2.75) is 62.1 Å². The lowest BCUT2D eigenvalue weighted by atomic mass is 9.95. The summed E-state index contributed by atoms with van der Waals surface area (Å²) in [6, 6.07) is 15.0. The Labute approximate surface area is 221 Å². The minimum Gasteiger partial charge on any atom is -0.325 e. The van der Waals surface area contributed by atoms with Gasteiger partial charge < -0.3 is 20.4 Å². The van der Waals surface area contributed by atoms with Gasteiger partial charge in [-0.2, -0.15) is 0 Å². The van der Waals surface area contributed by atoms with Crippen LogP contribution in [-0.4, -0.2) is 64.8 Å². The zero-order chi connectivity index (χ0) is 26.5. The van der Waals surface area contributed by atoms with E-state index in [0.717, 1.165) is 55.3 Å². The molecule has 9 nitrogen and oxygen atoms in total. The van der Waals surface area contributed by atoms with E-state index in [1.807, 2.05) is 48.5 Å². The highest BCUT2D eigenvalue weighted by molar-refractivity contribution is 6.07. The summed E-state index contributed by atoms with van der Waals surface area (Å²) in [7, 11) is 1.64. The van der Waals surface area contributed by atoms with Crippen LogP contribution in [0.2, 0.25) is 0 Å². The van der Waals surface area contributed by atoms with Crippen LogP contribution in [0.25, 0.3) is 0 Å². The molecule has 0 aromatic heterocycles. The third kappa shape index (κ3) is 3.96. The van der Waals surface area contributed by atoms with Crippen molar-refractivity contribution in [1.82, 2.24) is 20.4 Å². The number of hydrogen-bond donors (Lipinski definition) is 3. The summed E-state index contributed by atoms with van der Waals surface area (Å²) in [6.45, 7) is 0.684. The number of hydrogen-bond acceptors (Lipinski definition) is 5. The molecule has 4 aliphatic rings. The van der Waals surface area contributed by atoms with Crippen molar-refractivity contribution in [3.63, 3.8) is 0 Å². The number of carbonyl (C=O) groups is 4. The van der Waals surface area contributed by atoms with Crippen LogP contribution in [-0.2, 0) is 27.2 Å². The molecule has 2 aromatic carbocycles. The maximum Gasteiger partial charge on any atom is 0.324 e. The van der Waals surface area contributed by atoms with Gasteiger partial charge in [-0.25, -0.2) is 4.79 Å².